The van der Waals surface area contributed by atoms with Crippen molar-refractivity contribution >= 4 is 0 Å². The number of rotatable bonds is 9. The first-order valence-corrected chi connectivity index (χ1v) is 6.73. The Bertz CT molecular complexity index is 293. The van der Waals surface area contributed by atoms with Crippen LogP contribution >= 0.6 is 0 Å². The highest BCUT2D eigenvalue weighted by atomic mass is 16.5. The molecular formula is C14H23NO2. The molecule has 3 nitrogen and oxygen atoms in total. The molecule has 3 heteroatoms. The molecule has 17 heavy (non-hydrogen) atoms. The molecule has 1 aromatic rings. The van der Waals surface area contributed by atoms with Crippen LogP contribution in [0.2, 0.25) is 0 Å². The highest BCUT2D eigenvalue weighted by Gasteiger charge is 2.29. The normalized spacial score (nSPS) is 17.2. The van der Waals surface area contributed by atoms with Gasteiger partial charge in [0.25, 0.3) is 0 Å². The van der Waals surface area contributed by atoms with Crippen LogP contribution in [0.3, 0.4) is 0 Å². The van der Waals surface area contributed by atoms with E-state index in [1.807, 2.05) is 12.1 Å². The zero-order chi connectivity index (χ0) is 11.9. The van der Waals surface area contributed by atoms with E-state index < -0.39 is 0 Å². The molecule has 0 aromatic carbocycles. The van der Waals surface area contributed by atoms with Gasteiger partial charge < -0.3 is 14.5 Å². The Balaban J connectivity index is 1.46. The lowest BCUT2D eigenvalue weighted by molar-refractivity contribution is 0.103. The van der Waals surface area contributed by atoms with Gasteiger partial charge in [-0.1, -0.05) is 6.92 Å². The van der Waals surface area contributed by atoms with Gasteiger partial charge in [-0.3, -0.25) is 0 Å². The van der Waals surface area contributed by atoms with Crippen LogP contribution in [0, 0.1) is 5.92 Å². The number of hydrogen-bond donors (Lipinski definition) is 1. The molecule has 1 aromatic heterocycles. The van der Waals surface area contributed by atoms with Gasteiger partial charge in [0.05, 0.1) is 6.26 Å². The van der Waals surface area contributed by atoms with Crippen molar-refractivity contribution in [2.45, 2.75) is 45.3 Å². The summed E-state index contributed by atoms with van der Waals surface area (Å²) in [5.74, 6) is 1.85. The summed E-state index contributed by atoms with van der Waals surface area (Å²) in [6, 6.07) is 4.57. The Morgan fingerprint density at radius 1 is 1.53 bits per heavy atom. The van der Waals surface area contributed by atoms with Crippen LogP contribution in [-0.4, -0.2) is 19.2 Å². The summed E-state index contributed by atoms with van der Waals surface area (Å²) < 4.78 is 10.7. The van der Waals surface area contributed by atoms with Gasteiger partial charge in [0.2, 0.25) is 0 Å². The molecule has 0 spiro atoms. The van der Waals surface area contributed by atoms with Crippen molar-refractivity contribution in [1.82, 2.24) is 5.32 Å². The molecule has 0 bridgehead atoms. The van der Waals surface area contributed by atoms with E-state index in [9.17, 15) is 0 Å². The quantitative estimate of drug-likeness (QED) is 0.670. The summed E-state index contributed by atoms with van der Waals surface area (Å²) in [6.07, 6.45) is 6.84. The van der Waals surface area contributed by atoms with E-state index in [4.69, 9.17) is 9.15 Å². The largest absolute Gasteiger partial charge is 0.467 e. The first kappa shape index (κ1) is 12.7. The minimum absolute atomic E-state index is 0.590. The SMILES string of the molecule is CCC(NCCCOCc1ccco1)C1CC1. The lowest BCUT2D eigenvalue weighted by atomic mass is 10.1. The molecule has 0 aliphatic heterocycles. The third-order valence-corrected chi connectivity index (χ3v) is 3.33. The molecule has 0 amide bonds. The first-order valence-electron chi connectivity index (χ1n) is 6.73. The van der Waals surface area contributed by atoms with Crippen LogP contribution in [-0.2, 0) is 11.3 Å². The number of hydrogen-bond acceptors (Lipinski definition) is 3. The second kappa shape index (κ2) is 6.82. The minimum atomic E-state index is 0.590. The summed E-state index contributed by atoms with van der Waals surface area (Å²) in [4.78, 5) is 0. The van der Waals surface area contributed by atoms with Gasteiger partial charge in [-0.15, -0.1) is 0 Å². The maximum Gasteiger partial charge on any atom is 0.129 e. The van der Waals surface area contributed by atoms with Crippen LogP contribution in [0.4, 0.5) is 0 Å². The average Bonchev–Trinajstić information content (AvgIpc) is 3.05. The molecule has 1 saturated carbocycles. The number of nitrogens with one attached hydrogen (secondary N) is 1. The van der Waals surface area contributed by atoms with E-state index in [0.29, 0.717) is 6.61 Å². The third kappa shape index (κ3) is 4.52. The Labute approximate surface area is 104 Å². The van der Waals surface area contributed by atoms with Gasteiger partial charge in [0, 0.05) is 12.6 Å². The van der Waals surface area contributed by atoms with Crippen LogP contribution in [0.15, 0.2) is 22.8 Å². The molecule has 1 N–H and O–H groups in total. The molecule has 1 unspecified atom stereocenters. The van der Waals surface area contributed by atoms with E-state index in [0.717, 1.165) is 37.3 Å². The molecule has 1 fully saturated rings. The lowest BCUT2D eigenvalue weighted by Crippen LogP contribution is -2.31. The van der Waals surface area contributed by atoms with E-state index in [-0.39, 0.29) is 0 Å². The van der Waals surface area contributed by atoms with E-state index >= 15 is 0 Å². The Hall–Kier alpha value is -0.800. The fourth-order valence-corrected chi connectivity index (χ4v) is 2.17. The predicted octanol–water partition coefficient (Wildman–Crippen LogP) is 2.96. The highest BCUT2D eigenvalue weighted by Crippen LogP contribution is 2.33. The van der Waals surface area contributed by atoms with Crippen LogP contribution in [0.5, 0.6) is 0 Å². The minimum Gasteiger partial charge on any atom is -0.467 e. The van der Waals surface area contributed by atoms with Gasteiger partial charge in [-0.25, -0.2) is 0 Å². The van der Waals surface area contributed by atoms with E-state index in [1.54, 1.807) is 6.26 Å². The third-order valence-electron chi connectivity index (χ3n) is 3.33. The van der Waals surface area contributed by atoms with Gasteiger partial charge in [0.1, 0.15) is 12.4 Å². The monoisotopic (exact) mass is 237 g/mol. The smallest absolute Gasteiger partial charge is 0.129 e. The molecule has 96 valence electrons. The fourth-order valence-electron chi connectivity index (χ4n) is 2.17. The van der Waals surface area contributed by atoms with Crippen molar-refractivity contribution < 1.29 is 9.15 Å². The van der Waals surface area contributed by atoms with Crippen molar-refractivity contribution in [2.24, 2.45) is 5.92 Å². The summed E-state index contributed by atoms with van der Waals surface area (Å²) in [6.45, 7) is 4.72. The summed E-state index contributed by atoms with van der Waals surface area (Å²) >= 11 is 0. The van der Waals surface area contributed by atoms with Crippen molar-refractivity contribution in [3.63, 3.8) is 0 Å². The average molecular weight is 237 g/mol. The van der Waals surface area contributed by atoms with Crippen LogP contribution in [0.25, 0.3) is 0 Å². The molecule has 0 radical (unpaired) electrons. The maximum absolute atomic E-state index is 5.54. The molecule has 0 saturated heterocycles. The van der Waals surface area contributed by atoms with Gasteiger partial charge in [-0.2, -0.15) is 0 Å². The fraction of sp³-hybridized carbons (Fsp3) is 0.714. The summed E-state index contributed by atoms with van der Waals surface area (Å²) in [5, 5.41) is 3.62. The molecule has 1 aliphatic rings. The zero-order valence-electron chi connectivity index (χ0n) is 10.7. The zero-order valence-corrected chi connectivity index (χ0v) is 10.7. The van der Waals surface area contributed by atoms with E-state index in [2.05, 4.69) is 12.2 Å². The van der Waals surface area contributed by atoms with Crippen molar-refractivity contribution in [1.29, 1.82) is 0 Å². The standard InChI is InChI=1S/C14H23NO2/c1-2-14(12-6-7-12)15-8-4-9-16-11-13-5-3-10-17-13/h3,5,10,12,14-15H,2,4,6-9,11H2,1H3. The number of furan rings is 1. The number of ether oxygens (including phenoxy) is 1. The molecular weight excluding hydrogens is 214 g/mol. The van der Waals surface area contributed by atoms with Crippen LogP contribution < -0.4 is 5.32 Å². The van der Waals surface area contributed by atoms with Gasteiger partial charge in [0.15, 0.2) is 0 Å². The molecule has 1 atom stereocenters. The Morgan fingerprint density at radius 2 is 2.41 bits per heavy atom. The second-order valence-corrected chi connectivity index (χ2v) is 4.79. The van der Waals surface area contributed by atoms with Crippen molar-refractivity contribution in [2.75, 3.05) is 13.2 Å². The first-order chi connectivity index (χ1) is 8.40. The highest BCUT2D eigenvalue weighted by molar-refractivity contribution is 4.95. The predicted molar refractivity (Wildman–Crippen MR) is 67.8 cm³/mol. The van der Waals surface area contributed by atoms with E-state index in [1.165, 1.54) is 19.3 Å². The summed E-state index contributed by atoms with van der Waals surface area (Å²) in [5.41, 5.74) is 0. The second-order valence-electron chi connectivity index (χ2n) is 4.79. The molecule has 1 aliphatic carbocycles. The summed E-state index contributed by atoms with van der Waals surface area (Å²) in [7, 11) is 0. The lowest BCUT2D eigenvalue weighted by Gasteiger charge is -2.15. The Kier molecular flexibility index (Phi) is 5.08. The van der Waals surface area contributed by atoms with Gasteiger partial charge in [-0.05, 0) is 50.3 Å². The van der Waals surface area contributed by atoms with Gasteiger partial charge >= 0.3 is 0 Å². The van der Waals surface area contributed by atoms with Crippen molar-refractivity contribution in [3.8, 4) is 0 Å². The molecule has 1 heterocycles. The topological polar surface area (TPSA) is 34.4 Å². The van der Waals surface area contributed by atoms with Crippen LogP contribution in [0.1, 0.15) is 38.4 Å². The Morgan fingerprint density at radius 3 is 3.06 bits per heavy atom. The molecule has 2 rings (SSSR count). The van der Waals surface area contributed by atoms with Crippen molar-refractivity contribution in [3.05, 3.63) is 24.2 Å². The maximum atomic E-state index is 5.54.